The Bertz CT molecular complexity index is 1180. The molecule has 2 aromatic carbocycles. The van der Waals surface area contributed by atoms with Crippen LogP contribution < -0.4 is 19.1 Å². The maximum Gasteiger partial charge on any atom is 0.412 e. The van der Waals surface area contributed by atoms with Crippen molar-refractivity contribution in [3.05, 3.63) is 65.0 Å². The van der Waals surface area contributed by atoms with Crippen molar-refractivity contribution in [3.8, 4) is 28.4 Å². The highest BCUT2D eigenvalue weighted by atomic mass is 16.6. The molecule has 32 heavy (non-hydrogen) atoms. The molecule has 1 aliphatic heterocycles. The Labute approximate surface area is 187 Å². The van der Waals surface area contributed by atoms with Crippen LogP contribution in [-0.4, -0.2) is 36.5 Å². The smallest absolute Gasteiger partial charge is 0.412 e. The van der Waals surface area contributed by atoms with Crippen LogP contribution in [-0.2, 0) is 6.54 Å². The van der Waals surface area contributed by atoms with Crippen molar-refractivity contribution in [2.75, 3.05) is 25.2 Å². The van der Waals surface area contributed by atoms with Crippen LogP contribution >= 0.6 is 0 Å². The quantitative estimate of drug-likeness (QED) is 0.599. The first-order chi connectivity index (χ1) is 15.4. The van der Waals surface area contributed by atoms with Crippen LogP contribution in [0.15, 0.2) is 42.6 Å². The first-order valence-corrected chi connectivity index (χ1v) is 10.4. The fourth-order valence-corrected chi connectivity index (χ4v) is 3.96. The van der Waals surface area contributed by atoms with Crippen LogP contribution in [0, 0.1) is 20.8 Å². The maximum absolute atomic E-state index is 12.2. The lowest BCUT2D eigenvalue weighted by Crippen LogP contribution is -2.29. The fraction of sp³-hybridized carbons (Fsp3) is 0.280. The number of ether oxygens (including phenoxy) is 3. The zero-order chi connectivity index (χ0) is 22.8. The summed E-state index contributed by atoms with van der Waals surface area (Å²) in [6, 6.07) is 11.5. The van der Waals surface area contributed by atoms with E-state index in [0.29, 0.717) is 30.3 Å². The summed E-state index contributed by atoms with van der Waals surface area (Å²) in [6.45, 7) is 6.91. The molecule has 4 rings (SSSR count). The monoisotopic (exact) mass is 434 g/mol. The van der Waals surface area contributed by atoms with E-state index in [4.69, 9.17) is 14.2 Å². The summed E-state index contributed by atoms with van der Waals surface area (Å²) in [6.07, 6.45) is 0.655. The molecule has 0 aliphatic carbocycles. The van der Waals surface area contributed by atoms with Gasteiger partial charge in [0.15, 0.2) is 11.5 Å². The molecule has 2 heterocycles. The number of nitrogens with zero attached hydrogens (tertiary/aromatic N) is 2. The Kier molecular flexibility index (Phi) is 5.90. The summed E-state index contributed by atoms with van der Waals surface area (Å²) in [7, 11) is 1.61. The summed E-state index contributed by atoms with van der Waals surface area (Å²) in [4.78, 5) is 18.0. The van der Waals surface area contributed by atoms with Crippen molar-refractivity contribution < 1.29 is 24.1 Å². The Balaban J connectivity index is 1.72. The highest BCUT2D eigenvalue weighted by molar-refractivity contribution is 5.87. The summed E-state index contributed by atoms with van der Waals surface area (Å²) in [5.41, 5.74) is 5.74. The second-order valence-corrected chi connectivity index (χ2v) is 7.83. The molecule has 0 atom stereocenters. The summed E-state index contributed by atoms with van der Waals surface area (Å²) < 4.78 is 16.8. The lowest BCUT2D eigenvalue weighted by atomic mass is 10.0. The second kappa shape index (κ2) is 8.78. The first-order valence-electron chi connectivity index (χ1n) is 10.4. The van der Waals surface area contributed by atoms with Crippen molar-refractivity contribution in [1.82, 2.24) is 4.98 Å². The SMILES string of the molecule is COc1c(C)cnc(CN(C(=O)O)c2cc(C)cc(-c3ccc4c(c3)OCCO4)c2)c1C. The van der Waals surface area contributed by atoms with Gasteiger partial charge in [0.05, 0.1) is 19.3 Å². The van der Waals surface area contributed by atoms with Gasteiger partial charge in [0.1, 0.15) is 19.0 Å². The van der Waals surface area contributed by atoms with Gasteiger partial charge in [-0.15, -0.1) is 0 Å². The maximum atomic E-state index is 12.2. The molecule has 0 bridgehead atoms. The van der Waals surface area contributed by atoms with Gasteiger partial charge in [0.2, 0.25) is 0 Å². The van der Waals surface area contributed by atoms with Crippen LogP contribution in [0.25, 0.3) is 11.1 Å². The lowest BCUT2D eigenvalue weighted by Gasteiger charge is -2.23. The lowest BCUT2D eigenvalue weighted by molar-refractivity contribution is 0.171. The number of amides is 1. The van der Waals surface area contributed by atoms with Gasteiger partial charge in [-0.1, -0.05) is 12.1 Å². The Morgan fingerprint density at radius 3 is 2.53 bits per heavy atom. The van der Waals surface area contributed by atoms with Crippen molar-refractivity contribution in [2.45, 2.75) is 27.3 Å². The van der Waals surface area contributed by atoms with Crippen LogP contribution in [0.5, 0.6) is 17.2 Å². The normalized spacial score (nSPS) is 12.4. The number of rotatable bonds is 5. The van der Waals surface area contributed by atoms with Gasteiger partial charge in [-0.3, -0.25) is 9.88 Å². The molecule has 0 saturated heterocycles. The molecule has 1 aromatic heterocycles. The largest absolute Gasteiger partial charge is 0.496 e. The third-order valence-corrected chi connectivity index (χ3v) is 5.54. The third kappa shape index (κ3) is 4.19. The molecule has 166 valence electrons. The van der Waals surface area contributed by atoms with Crippen molar-refractivity contribution in [2.24, 2.45) is 0 Å². The van der Waals surface area contributed by atoms with Crippen LogP contribution in [0.1, 0.15) is 22.4 Å². The Morgan fingerprint density at radius 2 is 1.81 bits per heavy atom. The number of hydrogen-bond acceptors (Lipinski definition) is 5. The molecule has 1 N–H and O–H groups in total. The highest BCUT2D eigenvalue weighted by Gasteiger charge is 2.20. The van der Waals surface area contributed by atoms with Crippen molar-refractivity contribution in [1.29, 1.82) is 0 Å². The third-order valence-electron chi connectivity index (χ3n) is 5.54. The topological polar surface area (TPSA) is 81.1 Å². The minimum Gasteiger partial charge on any atom is -0.496 e. The van der Waals surface area contributed by atoms with Gasteiger partial charge >= 0.3 is 6.09 Å². The van der Waals surface area contributed by atoms with Gasteiger partial charge < -0.3 is 19.3 Å². The fourth-order valence-electron chi connectivity index (χ4n) is 3.96. The van der Waals surface area contributed by atoms with Gasteiger partial charge in [0, 0.05) is 23.0 Å². The first kappa shape index (κ1) is 21.5. The number of methoxy groups -OCH3 is 1. The van der Waals surface area contributed by atoms with E-state index < -0.39 is 6.09 Å². The van der Waals surface area contributed by atoms with Crippen LogP contribution in [0.3, 0.4) is 0 Å². The van der Waals surface area contributed by atoms with Gasteiger partial charge in [-0.25, -0.2) is 4.79 Å². The van der Waals surface area contributed by atoms with Gasteiger partial charge in [0.25, 0.3) is 0 Å². The molecule has 7 heteroatoms. The van der Waals surface area contributed by atoms with Gasteiger partial charge in [-0.05, 0) is 61.7 Å². The molecule has 0 spiro atoms. The predicted octanol–water partition coefficient (Wildman–Crippen LogP) is 5.14. The van der Waals surface area contributed by atoms with E-state index in [1.807, 2.05) is 57.2 Å². The molecule has 1 amide bonds. The molecule has 7 nitrogen and oxygen atoms in total. The number of pyridine rings is 1. The minimum absolute atomic E-state index is 0.113. The molecule has 0 radical (unpaired) electrons. The Morgan fingerprint density at radius 1 is 1.06 bits per heavy atom. The van der Waals surface area contributed by atoms with E-state index in [0.717, 1.165) is 39.3 Å². The summed E-state index contributed by atoms with van der Waals surface area (Å²) in [5, 5.41) is 10.0. The molecule has 0 fully saturated rings. The zero-order valence-electron chi connectivity index (χ0n) is 18.6. The number of aryl methyl sites for hydroxylation is 2. The van der Waals surface area contributed by atoms with E-state index in [-0.39, 0.29) is 6.54 Å². The number of carbonyl (C=O) groups is 1. The number of fused-ring (bicyclic) bond motifs is 1. The van der Waals surface area contributed by atoms with E-state index in [1.165, 1.54) is 4.90 Å². The average molecular weight is 434 g/mol. The summed E-state index contributed by atoms with van der Waals surface area (Å²) in [5.74, 6) is 2.13. The molecule has 0 saturated carbocycles. The molecular formula is C25H26N2O5. The van der Waals surface area contributed by atoms with Crippen LogP contribution in [0.2, 0.25) is 0 Å². The molecule has 0 unspecified atom stereocenters. The molecule has 1 aliphatic rings. The second-order valence-electron chi connectivity index (χ2n) is 7.83. The predicted molar refractivity (Wildman–Crippen MR) is 122 cm³/mol. The minimum atomic E-state index is -1.05. The molecule has 3 aromatic rings. The molecular weight excluding hydrogens is 408 g/mol. The highest BCUT2D eigenvalue weighted by Crippen LogP contribution is 2.36. The zero-order valence-corrected chi connectivity index (χ0v) is 18.6. The van der Waals surface area contributed by atoms with Crippen molar-refractivity contribution >= 4 is 11.8 Å². The number of carboxylic acid groups (broad SMARTS) is 1. The van der Waals surface area contributed by atoms with E-state index in [1.54, 1.807) is 13.3 Å². The van der Waals surface area contributed by atoms with E-state index in [2.05, 4.69) is 4.98 Å². The van der Waals surface area contributed by atoms with Crippen LogP contribution in [0.4, 0.5) is 10.5 Å². The van der Waals surface area contributed by atoms with Crippen molar-refractivity contribution in [3.63, 3.8) is 0 Å². The number of anilines is 1. The standard InChI is InChI=1S/C25H26N2O5/c1-15-9-19(18-5-6-22-23(12-18)32-8-7-31-22)11-20(10-15)27(25(28)29)14-21-17(3)24(30-4)16(2)13-26-21/h5-6,9-13H,7-8,14H2,1-4H3,(H,28,29). The summed E-state index contributed by atoms with van der Waals surface area (Å²) >= 11 is 0. The number of benzene rings is 2. The number of hydrogen-bond donors (Lipinski definition) is 1. The Hall–Kier alpha value is -3.74. The number of aromatic nitrogens is 1. The van der Waals surface area contributed by atoms with E-state index in [9.17, 15) is 9.90 Å². The average Bonchev–Trinajstić information content (AvgIpc) is 2.78. The van der Waals surface area contributed by atoms with Gasteiger partial charge in [-0.2, -0.15) is 0 Å². The van der Waals surface area contributed by atoms with E-state index >= 15 is 0 Å².